The van der Waals surface area contributed by atoms with Gasteiger partial charge in [-0.15, -0.1) is 5.10 Å². The molecule has 3 rings (SSSR count). The summed E-state index contributed by atoms with van der Waals surface area (Å²) in [5, 5.41) is 9.37. The summed E-state index contributed by atoms with van der Waals surface area (Å²) in [7, 11) is 0. The molecule has 0 atom stereocenters. The number of carbonyl (C=O) groups is 1. The lowest BCUT2D eigenvalue weighted by molar-refractivity contribution is -0.137. The lowest BCUT2D eigenvalue weighted by atomic mass is 9.99. The van der Waals surface area contributed by atoms with Gasteiger partial charge in [-0.1, -0.05) is 6.07 Å². The van der Waals surface area contributed by atoms with E-state index in [0.29, 0.717) is 35.8 Å². The zero-order chi connectivity index (χ0) is 24.0. The predicted molar refractivity (Wildman–Crippen MR) is 121 cm³/mol. The Hall–Kier alpha value is -4.08. The molecule has 33 heavy (non-hydrogen) atoms. The molecule has 0 saturated carbocycles. The molecular formula is C23H21F3N6O. The molecule has 2 heterocycles. The first kappa shape index (κ1) is 23.6. The third kappa shape index (κ3) is 5.79. The number of nitrogens with one attached hydrogen (secondary N) is 1. The van der Waals surface area contributed by atoms with Crippen LogP contribution in [0.15, 0.2) is 60.0 Å². The van der Waals surface area contributed by atoms with Gasteiger partial charge < -0.3 is 11.1 Å². The minimum Gasteiger partial charge on any atom is -0.404 e. The minimum atomic E-state index is -4.63. The molecule has 1 amide bonds. The average molecular weight is 454 g/mol. The van der Waals surface area contributed by atoms with E-state index in [-0.39, 0.29) is 0 Å². The molecule has 3 aromatic rings. The fraction of sp³-hybridized carbons (Fsp3) is 0.174. The van der Waals surface area contributed by atoms with Gasteiger partial charge in [-0.25, -0.2) is 0 Å². The van der Waals surface area contributed by atoms with Gasteiger partial charge in [0.1, 0.15) is 0 Å². The van der Waals surface area contributed by atoms with Crippen molar-refractivity contribution in [2.24, 2.45) is 10.7 Å². The number of hydrogen-bond acceptors (Lipinski definition) is 6. The summed E-state index contributed by atoms with van der Waals surface area (Å²) in [5.74, 6) is -0.803. The van der Waals surface area contributed by atoms with Crippen molar-refractivity contribution in [3.8, 4) is 11.1 Å². The van der Waals surface area contributed by atoms with Crippen LogP contribution in [-0.4, -0.2) is 33.8 Å². The van der Waals surface area contributed by atoms with E-state index >= 15 is 0 Å². The maximum atomic E-state index is 12.9. The molecule has 0 aliphatic carbocycles. The van der Waals surface area contributed by atoms with Gasteiger partial charge >= 0.3 is 6.18 Å². The molecule has 0 unspecified atom stereocenters. The molecule has 0 bridgehead atoms. The van der Waals surface area contributed by atoms with Crippen LogP contribution in [0, 0.1) is 6.92 Å². The lowest BCUT2D eigenvalue weighted by Gasteiger charge is -2.12. The zero-order valence-corrected chi connectivity index (χ0v) is 17.9. The van der Waals surface area contributed by atoms with Crippen molar-refractivity contribution in [2.75, 3.05) is 11.9 Å². The van der Waals surface area contributed by atoms with Crippen LogP contribution in [0.4, 0.5) is 18.9 Å². The molecule has 3 N–H and O–H groups in total. The van der Waals surface area contributed by atoms with Crippen molar-refractivity contribution in [3.63, 3.8) is 0 Å². The fourth-order valence-electron chi connectivity index (χ4n) is 2.98. The van der Waals surface area contributed by atoms with E-state index in [9.17, 15) is 18.0 Å². The standard InChI is InChI=1S/C23H21F3N6O/c1-3-28-12-16(11-27)20-8-15(6-7-29-20)19-10-18(5-4-14(19)2)31-22(33)21-9-17(13-30-32-21)23(24,25)26/h4-13H,3,27H2,1-2H3,(H,31,33)/b16-11+,28-12?. The smallest absolute Gasteiger partial charge is 0.404 e. The molecule has 0 aliphatic rings. The molecule has 0 radical (unpaired) electrons. The van der Waals surface area contributed by atoms with Gasteiger partial charge in [-0.3, -0.25) is 14.8 Å². The molecular weight excluding hydrogens is 433 g/mol. The number of aryl methyl sites for hydroxylation is 1. The number of allylic oxidation sites excluding steroid dienone is 1. The number of halogens is 3. The highest BCUT2D eigenvalue weighted by Crippen LogP contribution is 2.30. The van der Waals surface area contributed by atoms with Gasteiger partial charge in [0.05, 0.1) is 17.5 Å². The van der Waals surface area contributed by atoms with E-state index in [0.717, 1.165) is 16.7 Å². The molecule has 7 nitrogen and oxygen atoms in total. The summed E-state index contributed by atoms with van der Waals surface area (Å²) in [6, 6.07) is 9.47. The van der Waals surface area contributed by atoms with Gasteiger partial charge in [0, 0.05) is 36.4 Å². The summed E-state index contributed by atoms with van der Waals surface area (Å²) >= 11 is 0. The van der Waals surface area contributed by atoms with Crippen molar-refractivity contribution in [2.45, 2.75) is 20.0 Å². The number of aliphatic imine (C=N–C) groups is 1. The summed E-state index contributed by atoms with van der Waals surface area (Å²) in [6.07, 6.45) is 0.643. The third-order valence-electron chi connectivity index (χ3n) is 4.67. The largest absolute Gasteiger partial charge is 0.418 e. The zero-order valence-electron chi connectivity index (χ0n) is 17.9. The first-order valence-electron chi connectivity index (χ1n) is 9.93. The van der Waals surface area contributed by atoms with Gasteiger partial charge in [0.2, 0.25) is 0 Å². The van der Waals surface area contributed by atoms with Crippen LogP contribution in [0.1, 0.15) is 34.2 Å². The highest BCUT2D eigenvalue weighted by atomic mass is 19.4. The van der Waals surface area contributed by atoms with Gasteiger partial charge in [-0.2, -0.15) is 18.3 Å². The maximum Gasteiger partial charge on any atom is 0.418 e. The van der Waals surface area contributed by atoms with Gasteiger partial charge in [-0.05, 0) is 60.9 Å². The Bertz CT molecular complexity index is 1220. The van der Waals surface area contributed by atoms with Crippen LogP contribution >= 0.6 is 0 Å². The second-order valence-corrected chi connectivity index (χ2v) is 6.99. The van der Waals surface area contributed by atoms with Crippen LogP contribution in [0.5, 0.6) is 0 Å². The monoisotopic (exact) mass is 454 g/mol. The number of nitrogens with zero attached hydrogens (tertiary/aromatic N) is 4. The number of aromatic nitrogens is 3. The molecule has 10 heteroatoms. The van der Waals surface area contributed by atoms with E-state index in [4.69, 9.17) is 5.73 Å². The Balaban J connectivity index is 1.90. The number of benzene rings is 1. The SMILES string of the molecule is CCN=C/C(=C\N)c1cc(-c2cc(NC(=O)c3cc(C(F)(F)F)cnn3)ccc2C)ccn1. The first-order valence-corrected chi connectivity index (χ1v) is 9.93. The second-order valence-electron chi connectivity index (χ2n) is 6.99. The number of alkyl halides is 3. The lowest BCUT2D eigenvalue weighted by Crippen LogP contribution is -2.16. The number of pyridine rings is 1. The molecule has 2 aromatic heterocycles. The minimum absolute atomic E-state index is 0.389. The average Bonchev–Trinajstić information content (AvgIpc) is 2.80. The van der Waals surface area contributed by atoms with Gasteiger partial charge in [0.25, 0.3) is 5.91 Å². The van der Waals surface area contributed by atoms with E-state index < -0.39 is 23.3 Å². The van der Waals surface area contributed by atoms with Crippen LogP contribution in [0.3, 0.4) is 0 Å². The topological polar surface area (TPSA) is 106 Å². The van der Waals surface area contributed by atoms with Crippen molar-refractivity contribution in [1.29, 1.82) is 0 Å². The number of amides is 1. The Kier molecular flexibility index (Phi) is 7.17. The molecule has 1 aromatic carbocycles. The van der Waals surface area contributed by atoms with E-state index in [1.807, 2.05) is 19.9 Å². The van der Waals surface area contributed by atoms with Crippen molar-refractivity contribution in [1.82, 2.24) is 15.2 Å². The summed E-state index contributed by atoms with van der Waals surface area (Å²) in [4.78, 5) is 21.0. The Labute approximate surface area is 188 Å². The summed E-state index contributed by atoms with van der Waals surface area (Å²) in [5.41, 5.74) is 8.44. The Morgan fingerprint density at radius 1 is 1.18 bits per heavy atom. The van der Waals surface area contributed by atoms with E-state index in [1.165, 1.54) is 6.20 Å². The predicted octanol–water partition coefficient (Wildman–Crippen LogP) is 4.51. The molecule has 0 spiro atoms. The second kappa shape index (κ2) is 10.0. The van der Waals surface area contributed by atoms with Crippen molar-refractivity contribution in [3.05, 3.63) is 77.5 Å². The van der Waals surface area contributed by atoms with Crippen LogP contribution in [-0.2, 0) is 6.18 Å². The Morgan fingerprint density at radius 3 is 2.67 bits per heavy atom. The highest BCUT2D eigenvalue weighted by Gasteiger charge is 2.32. The number of anilines is 1. The third-order valence-corrected chi connectivity index (χ3v) is 4.67. The van der Waals surface area contributed by atoms with Crippen molar-refractivity contribution < 1.29 is 18.0 Å². The normalized spacial score (nSPS) is 12.2. The molecule has 0 aliphatic heterocycles. The van der Waals surface area contributed by atoms with E-state index in [2.05, 4.69) is 25.5 Å². The molecule has 0 fully saturated rings. The first-order chi connectivity index (χ1) is 15.7. The Morgan fingerprint density at radius 2 is 1.97 bits per heavy atom. The van der Waals surface area contributed by atoms with Crippen LogP contribution < -0.4 is 11.1 Å². The van der Waals surface area contributed by atoms with Crippen LogP contribution in [0.25, 0.3) is 16.7 Å². The summed E-state index contributed by atoms with van der Waals surface area (Å²) < 4.78 is 38.7. The van der Waals surface area contributed by atoms with E-state index in [1.54, 1.807) is 36.7 Å². The molecule has 0 saturated heterocycles. The van der Waals surface area contributed by atoms with Gasteiger partial charge in [0.15, 0.2) is 5.69 Å². The number of hydrogen-bond donors (Lipinski definition) is 2. The number of rotatable bonds is 6. The highest BCUT2D eigenvalue weighted by molar-refractivity contribution is 6.09. The van der Waals surface area contributed by atoms with Crippen molar-refractivity contribution >= 4 is 23.4 Å². The number of carbonyl (C=O) groups excluding carboxylic acids is 1. The van der Waals surface area contributed by atoms with Crippen LogP contribution in [0.2, 0.25) is 0 Å². The quantitative estimate of drug-likeness (QED) is 0.533. The molecule has 170 valence electrons. The summed E-state index contributed by atoms with van der Waals surface area (Å²) in [6.45, 7) is 4.41. The fourth-order valence-corrected chi connectivity index (χ4v) is 2.98. The number of nitrogens with two attached hydrogens (primary N) is 1. The maximum absolute atomic E-state index is 12.9.